The Morgan fingerprint density at radius 3 is 2.15 bits per heavy atom. The average molecular weight is 376 g/mol. The van der Waals surface area contributed by atoms with E-state index in [1.54, 1.807) is 12.1 Å². The maximum Gasteiger partial charge on any atom is 0.339 e. The largest absolute Gasteiger partial charge is 0.619 e. The van der Waals surface area contributed by atoms with Crippen molar-refractivity contribution < 1.29 is 33.3 Å². The van der Waals surface area contributed by atoms with Gasteiger partial charge in [0.15, 0.2) is 30.5 Å². The highest BCUT2D eigenvalue weighted by Gasteiger charge is 2.14. The lowest BCUT2D eigenvalue weighted by Gasteiger charge is -2.14. The number of esters is 1. The van der Waals surface area contributed by atoms with Crippen LogP contribution in [0.15, 0.2) is 36.7 Å². The number of rotatable bonds is 8. The minimum Gasteiger partial charge on any atom is -0.619 e. The van der Waals surface area contributed by atoms with Crippen LogP contribution in [0.3, 0.4) is 0 Å². The Morgan fingerprint density at radius 2 is 1.63 bits per heavy atom. The van der Waals surface area contributed by atoms with Gasteiger partial charge in [0.25, 0.3) is 5.91 Å². The van der Waals surface area contributed by atoms with Crippen LogP contribution < -0.4 is 24.3 Å². The summed E-state index contributed by atoms with van der Waals surface area (Å²) in [6.45, 7) is -0.274. The van der Waals surface area contributed by atoms with Crippen molar-refractivity contribution in [2.45, 2.75) is 6.54 Å². The number of nitrogens with zero attached hydrogens (tertiary/aromatic N) is 1. The van der Waals surface area contributed by atoms with Crippen molar-refractivity contribution in [1.29, 1.82) is 0 Å². The minimum atomic E-state index is -0.696. The van der Waals surface area contributed by atoms with Gasteiger partial charge >= 0.3 is 5.97 Å². The van der Waals surface area contributed by atoms with Gasteiger partial charge in [-0.15, -0.1) is 0 Å². The Balaban J connectivity index is 1.91. The lowest BCUT2D eigenvalue weighted by atomic mass is 10.1. The number of amides is 1. The zero-order chi connectivity index (χ0) is 19.8. The molecule has 2 rings (SSSR count). The Bertz CT molecular complexity index is 781. The first-order valence-corrected chi connectivity index (χ1v) is 7.90. The van der Waals surface area contributed by atoms with Gasteiger partial charge in [-0.05, 0) is 17.7 Å². The highest BCUT2D eigenvalue weighted by Crippen LogP contribution is 2.38. The number of nitrogens with one attached hydrogen (secondary N) is 1. The van der Waals surface area contributed by atoms with E-state index in [0.29, 0.717) is 27.5 Å². The molecule has 0 radical (unpaired) electrons. The van der Waals surface area contributed by atoms with E-state index in [0.717, 1.165) is 0 Å². The van der Waals surface area contributed by atoms with E-state index in [1.165, 1.54) is 45.9 Å². The van der Waals surface area contributed by atoms with E-state index < -0.39 is 18.5 Å². The molecule has 0 bridgehead atoms. The molecule has 1 heterocycles. The molecule has 0 saturated carbocycles. The van der Waals surface area contributed by atoms with E-state index in [-0.39, 0.29) is 12.1 Å². The Labute approximate surface area is 156 Å². The molecule has 0 saturated heterocycles. The van der Waals surface area contributed by atoms with Crippen molar-refractivity contribution in [2.75, 3.05) is 27.9 Å². The van der Waals surface area contributed by atoms with Crippen molar-refractivity contribution >= 4 is 11.9 Å². The first kappa shape index (κ1) is 19.8. The summed E-state index contributed by atoms with van der Waals surface area (Å²) in [6.07, 6.45) is 2.34. The molecule has 0 fully saturated rings. The fraction of sp³-hybridized carbons (Fsp3) is 0.278. The quantitative estimate of drug-likeness (QED) is 0.412. The van der Waals surface area contributed by atoms with Gasteiger partial charge in [0.05, 0.1) is 26.9 Å². The fourth-order valence-electron chi connectivity index (χ4n) is 2.25. The van der Waals surface area contributed by atoms with Gasteiger partial charge in [-0.1, -0.05) is 0 Å². The van der Waals surface area contributed by atoms with Gasteiger partial charge in [-0.25, -0.2) is 4.79 Å². The molecule has 0 aliphatic rings. The van der Waals surface area contributed by atoms with E-state index in [9.17, 15) is 14.8 Å². The molecule has 2 aromatic rings. The highest BCUT2D eigenvalue weighted by molar-refractivity contribution is 5.91. The summed E-state index contributed by atoms with van der Waals surface area (Å²) >= 11 is 0. The number of methoxy groups -OCH3 is 3. The zero-order valence-electron chi connectivity index (χ0n) is 15.2. The van der Waals surface area contributed by atoms with Crippen molar-refractivity contribution in [1.82, 2.24) is 5.32 Å². The van der Waals surface area contributed by atoms with E-state index >= 15 is 0 Å². The van der Waals surface area contributed by atoms with Crippen LogP contribution in [0.2, 0.25) is 0 Å². The summed E-state index contributed by atoms with van der Waals surface area (Å²) in [6, 6.07) is 6.03. The second-order valence-electron chi connectivity index (χ2n) is 5.33. The number of carbonyl (C=O) groups excluding carboxylic acids is 2. The molecule has 1 N–H and O–H groups in total. The first-order chi connectivity index (χ1) is 13.0. The number of pyridine rings is 1. The maximum absolute atomic E-state index is 11.9. The van der Waals surface area contributed by atoms with Crippen LogP contribution in [0.25, 0.3) is 0 Å². The van der Waals surface area contributed by atoms with Crippen LogP contribution in [-0.2, 0) is 16.1 Å². The van der Waals surface area contributed by atoms with Crippen LogP contribution in [0.5, 0.6) is 17.2 Å². The summed E-state index contributed by atoms with van der Waals surface area (Å²) in [5.41, 5.74) is 0.895. The lowest BCUT2D eigenvalue weighted by Crippen LogP contribution is -2.29. The monoisotopic (exact) mass is 376 g/mol. The van der Waals surface area contributed by atoms with E-state index in [4.69, 9.17) is 18.9 Å². The summed E-state index contributed by atoms with van der Waals surface area (Å²) in [5, 5.41) is 13.6. The third-order valence-corrected chi connectivity index (χ3v) is 3.59. The van der Waals surface area contributed by atoms with Crippen LogP contribution in [-0.4, -0.2) is 39.8 Å². The van der Waals surface area contributed by atoms with Crippen molar-refractivity contribution in [3.63, 3.8) is 0 Å². The third kappa shape index (κ3) is 5.24. The first-order valence-electron chi connectivity index (χ1n) is 7.90. The molecule has 9 nitrogen and oxygen atoms in total. The van der Waals surface area contributed by atoms with Crippen LogP contribution in [0, 0.1) is 5.21 Å². The standard InChI is InChI=1S/C18H20N2O7/c1-24-14-8-12(9-15(25-2)17(14)26-3)10-19-16(21)11-27-18(22)13-4-6-20(23)7-5-13/h4-9H,10-11H2,1-3H3,(H,19,21). The number of hydrogen-bond acceptors (Lipinski definition) is 7. The minimum absolute atomic E-state index is 0.175. The molecule has 0 aliphatic carbocycles. The Hall–Kier alpha value is -3.49. The molecular weight excluding hydrogens is 356 g/mol. The summed E-state index contributed by atoms with van der Waals surface area (Å²) in [4.78, 5) is 23.7. The van der Waals surface area contributed by atoms with Crippen LogP contribution in [0.4, 0.5) is 0 Å². The van der Waals surface area contributed by atoms with Crippen LogP contribution in [0.1, 0.15) is 15.9 Å². The van der Waals surface area contributed by atoms with Crippen LogP contribution >= 0.6 is 0 Å². The summed E-state index contributed by atoms with van der Waals surface area (Å²) in [7, 11) is 4.49. The predicted octanol–water partition coefficient (Wildman–Crippen LogP) is 0.819. The Morgan fingerprint density at radius 1 is 1.04 bits per heavy atom. The molecule has 1 aromatic heterocycles. The van der Waals surface area contributed by atoms with Crippen molar-refractivity contribution in [3.05, 3.63) is 53.0 Å². The molecule has 27 heavy (non-hydrogen) atoms. The SMILES string of the molecule is COc1cc(CNC(=O)COC(=O)c2cc[n+]([O-])cc2)cc(OC)c1OC. The average Bonchev–Trinajstić information content (AvgIpc) is 2.69. The number of carbonyl (C=O) groups is 2. The predicted molar refractivity (Wildman–Crippen MR) is 93.6 cm³/mol. The molecule has 144 valence electrons. The second kappa shape index (κ2) is 9.27. The van der Waals surface area contributed by atoms with Gasteiger partial charge < -0.3 is 29.5 Å². The molecule has 0 spiro atoms. The molecular formula is C18H20N2O7. The lowest BCUT2D eigenvalue weighted by molar-refractivity contribution is -0.605. The maximum atomic E-state index is 11.9. The number of aromatic nitrogens is 1. The summed E-state index contributed by atoms with van der Waals surface area (Å²) < 4.78 is 21.2. The van der Waals surface area contributed by atoms with Gasteiger partial charge in [-0.2, -0.15) is 4.73 Å². The fourth-order valence-corrected chi connectivity index (χ4v) is 2.25. The molecule has 0 unspecified atom stereocenters. The molecule has 1 amide bonds. The molecule has 1 aromatic carbocycles. The summed E-state index contributed by atoms with van der Waals surface area (Å²) in [5.74, 6) is 0.205. The second-order valence-corrected chi connectivity index (χ2v) is 5.33. The molecule has 0 aliphatic heterocycles. The number of hydrogen-bond donors (Lipinski definition) is 1. The van der Waals surface area contributed by atoms with Crippen molar-refractivity contribution in [2.24, 2.45) is 0 Å². The number of benzene rings is 1. The Kier molecular flexibility index (Phi) is 6.81. The zero-order valence-corrected chi connectivity index (χ0v) is 15.2. The van der Waals surface area contributed by atoms with E-state index in [1.807, 2.05) is 0 Å². The number of ether oxygens (including phenoxy) is 4. The normalized spacial score (nSPS) is 10.0. The molecule has 9 heteroatoms. The van der Waals surface area contributed by atoms with Gasteiger partial charge in [0, 0.05) is 18.7 Å². The topological polar surface area (TPSA) is 110 Å². The molecule has 0 atom stereocenters. The van der Waals surface area contributed by atoms with Gasteiger partial charge in [-0.3, -0.25) is 4.79 Å². The highest BCUT2D eigenvalue weighted by atomic mass is 16.5. The van der Waals surface area contributed by atoms with Gasteiger partial charge in [0.1, 0.15) is 0 Å². The third-order valence-electron chi connectivity index (χ3n) is 3.59. The van der Waals surface area contributed by atoms with Crippen molar-refractivity contribution in [3.8, 4) is 17.2 Å². The van der Waals surface area contributed by atoms with Gasteiger partial charge in [0.2, 0.25) is 5.75 Å². The van der Waals surface area contributed by atoms with E-state index in [2.05, 4.69) is 5.32 Å². The smallest absolute Gasteiger partial charge is 0.339 e.